The van der Waals surface area contributed by atoms with Crippen molar-refractivity contribution in [1.82, 2.24) is 14.5 Å². The summed E-state index contributed by atoms with van der Waals surface area (Å²) in [6, 6.07) is 1.85. The van der Waals surface area contributed by atoms with Crippen molar-refractivity contribution >= 4 is 28.7 Å². The molecule has 2 aromatic rings. The van der Waals surface area contributed by atoms with Crippen molar-refractivity contribution in [3.8, 4) is 0 Å². The van der Waals surface area contributed by atoms with Gasteiger partial charge in [-0.25, -0.2) is 9.97 Å². The number of pyridine rings is 1. The van der Waals surface area contributed by atoms with Gasteiger partial charge < -0.3 is 10.5 Å². The number of nitrogens with zero attached hydrogens (tertiary/aromatic N) is 3. The number of hydrogen-bond donors (Lipinski definition) is 1. The maximum absolute atomic E-state index is 5.89. The summed E-state index contributed by atoms with van der Waals surface area (Å²) in [6.45, 7) is 5.23. The van der Waals surface area contributed by atoms with E-state index in [4.69, 9.17) is 22.1 Å². The lowest BCUT2D eigenvalue weighted by molar-refractivity contribution is 0.120. The first-order valence-corrected chi connectivity index (χ1v) is 5.88. The van der Waals surface area contributed by atoms with Crippen molar-refractivity contribution < 1.29 is 4.74 Å². The van der Waals surface area contributed by atoms with Crippen LogP contribution in [0.1, 0.15) is 19.9 Å². The average molecular weight is 255 g/mol. The van der Waals surface area contributed by atoms with Gasteiger partial charge in [0.2, 0.25) is 5.95 Å². The van der Waals surface area contributed by atoms with Gasteiger partial charge in [-0.15, -0.1) is 0 Å². The minimum Gasteiger partial charge on any atom is -0.380 e. The zero-order valence-corrected chi connectivity index (χ0v) is 10.6. The Hall–Kier alpha value is -1.33. The fourth-order valence-electron chi connectivity index (χ4n) is 1.77. The molecule has 0 spiro atoms. The van der Waals surface area contributed by atoms with E-state index in [2.05, 4.69) is 9.97 Å². The second kappa shape index (κ2) is 4.89. The summed E-state index contributed by atoms with van der Waals surface area (Å²) in [7, 11) is 0. The van der Waals surface area contributed by atoms with Crippen LogP contribution in [0.4, 0.5) is 5.95 Å². The van der Waals surface area contributed by atoms with Crippen LogP contribution in [0.15, 0.2) is 12.3 Å². The van der Waals surface area contributed by atoms with Crippen LogP contribution in [0.2, 0.25) is 5.02 Å². The molecular formula is C11H15ClN4O. The average Bonchev–Trinajstić information content (AvgIpc) is 2.61. The Kier molecular flexibility index (Phi) is 3.49. The number of halogens is 1. The Bertz CT molecular complexity index is 525. The van der Waals surface area contributed by atoms with E-state index < -0.39 is 0 Å². The second-order valence-corrected chi connectivity index (χ2v) is 4.28. The Morgan fingerprint density at radius 1 is 1.59 bits per heavy atom. The summed E-state index contributed by atoms with van der Waals surface area (Å²) in [5, 5.41) is 0.555. The number of nitrogens with two attached hydrogens (primary N) is 1. The first-order valence-electron chi connectivity index (χ1n) is 5.50. The molecule has 0 aliphatic heterocycles. The highest BCUT2D eigenvalue weighted by atomic mass is 35.5. The van der Waals surface area contributed by atoms with E-state index in [1.165, 1.54) is 0 Å². The molecule has 2 heterocycles. The van der Waals surface area contributed by atoms with E-state index in [-0.39, 0.29) is 6.04 Å². The SMILES string of the molecule is CCOCC(C)n1c(N)nc2cc(Cl)cnc21. The maximum Gasteiger partial charge on any atom is 0.202 e. The highest BCUT2D eigenvalue weighted by molar-refractivity contribution is 6.31. The fraction of sp³-hybridized carbons (Fsp3) is 0.455. The molecule has 17 heavy (non-hydrogen) atoms. The fourth-order valence-corrected chi connectivity index (χ4v) is 1.92. The number of aromatic nitrogens is 3. The zero-order chi connectivity index (χ0) is 12.4. The molecule has 0 aliphatic rings. The van der Waals surface area contributed by atoms with E-state index in [0.717, 1.165) is 5.65 Å². The number of ether oxygens (including phenoxy) is 1. The van der Waals surface area contributed by atoms with Gasteiger partial charge in [0.15, 0.2) is 5.65 Å². The third kappa shape index (κ3) is 2.35. The highest BCUT2D eigenvalue weighted by Gasteiger charge is 2.15. The number of hydrogen-bond acceptors (Lipinski definition) is 4. The minimum absolute atomic E-state index is 0.0913. The van der Waals surface area contributed by atoms with E-state index >= 15 is 0 Å². The summed E-state index contributed by atoms with van der Waals surface area (Å²) < 4.78 is 7.25. The Morgan fingerprint density at radius 2 is 2.35 bits per heavy atom. The molecule has 2 aromatic heterocycles. The molecule has 2 N–H and O–H groups in total. The van der Waals surface area contributed by atoms with Crippen LogP contribution in [0, 0.1) is 0 Å². The number of rotatable bonds is 4. The molecule has 0 aliphatic carbocycles. The smallest absolute Gasteiger partial charge is 0.202 e. The van der Waals surface area contributed by atoms with Crippen molar-refractivity contribution in [2.45, 2.75) is 19.9 Å². The standard InChI is InChI=1S/C11H15ClN4O/c1-3-17-6-7(2)16-10-9(15-11(16)13)4-8(12)5-14-10/h4-5,7H,3,6H2,1-2H3,(H2,13,15). The highest BCUT2D eigenvalue weighted by Crippen LogP contribution is 2.23. The number of imidazole rings is 1. The van der Waals surface area contributed by atoms with Crippen molar-refractivity contribution in [2.24, 2.45) is 0 Å². The lowest BCUT2D eigenvalue weighted by Gasteiger charge is -2.14. The van der Waals surface area contributed by atoms with Crippen LogP contribution < -0.4 is 5.73 Å². The molecular weight excluding hydrogens is 240 g/mol. The number of anilines is 1. The van der Waals surface area contributed by atoms with Gasteiger partial charge in [0.1, 0.15) is 5.52 Å². The van der Waals surface area contributed by atoms with Crippen LogP contribution >= 0.6 is 11.6 Å². The first-order chi connectivity index (χ1) is 8.13. The van der Waals surface area contributed by atoms with Crippen molar-refractivity contribution in [3.05, 3.63) is 17.3 Å². The molecule has 2 rings (SSSR count). The molecule has 0 bridgehead atoms. The summed E-state index contributed by atoms with van der Waals surface area (Å²) >= 11 is 5.87. The van der Waals surface area contributed by atoms with Gasteiger partial charge in [0.05, 0.1) is 17.7 Å². The van der Waals surface area contributed by atoms with E-state index in [0.29, 0.717) is 29.7 Å². The third-order valence-corrected chi connectivity index (χ3v) is 2.73. The van der Waals surface area contributed by atoms with Crippen molar-refractivity contribution in [2.75, 3.05) is 18.9 Å². The van der Waals surface area contributed by atoms with Gasteiger partial charge in [0, 0.05) is 12.8 Å². The van der Waals surface area contributed by atoms with Crippen molar-refractivity contribution in [1.29, 1.82) is 0 Å². The molecule has 1 unspecified atom stereocenters. The van der Waals surface area contributed by atoms with E-state index in [1.807, 2.05) is 18.4 Å². The van der Waals surface area contributed by atoms with Gasteiger partial charge in [-0.1, -0.05) is 11.6 Å². The maximum atomic E-state index is 5.89. The van der Waals surface area contributed by atoms with Gasteiger partial charge in [0.25, 0.3) is 0 Å². The predicted molar refractivity (Wildman–Crippen MR) is 68.2 cm³/mol. The van der Waals surface area contributed by atoms with E-state index in [9.17, 15) is 0 Å². The van der Waals surface area contributed by atoms with Gasteiger partial charge in [-0.2, -0.15) is 0 Å². The van der Waals surface area contributed by atoms with Crippen LogP contribution in [0.25, 0.3) is 11.2 Å². The molecule has 0 radical (unpaired) electrons. The number of nitrogen functional groups attached to an aromatic ring is 1. The topological polar surface area (TPSA) is 66.0 Å². The molecule has 0 saturated carbocycles. The lowest BCUT2D eigenvalue weighted by Crippen LogP contribution is -2.15. The van der Waals surface area contributed by atoms with Gasteiger partial charge >= 0.3 is 0 Å². The van der Waals surface area contributed by atoms with Crippen molar-refractivity contribution in [3.63, 3.8) is 0 Å². The Morgan fingerprint density at radius 3 is 3.06 bits per heavy atom. The molecule has 0 aromatic carbocycles. The molecule has 1 atom stereocenters. The first kappa shape index (κ1) is 12.1. The largest absolute Gasteiger partial charge is 0.380 e. The van der Waals surface area contributed by atoms with Crippen LogP contribution in [-0.4, -0.2) is 27.7 Å². The Balaban J connectivity index is 2.42. The second-order valence-electron chi connectivity index (χ2n) is 3.84. The molecule has 6 heteroatoms. The summed E-state index contributed by atoms with van der Waals surface area (Å²) in [5.41, 5.74) is 7.33. The van der Waals surface area contributed by atoms with Gasteiger partial charge in [-0.05, 0) is 19.9 Å². The zero-order valence-electron chi connectivity index (χ0n) is 9.85. The quantitative estimate of drug-likeness (QED) is 0.909. The monoisotopic (exact) mass is 254 g/mol. The van der Waals surface area contributed by atoms with Crippen LogP contribution in [0.5, 0.6) is 0 Å². The lowest BCUT2D eigenvalue weighted by atomic mass is 10.3. The third-order valence-electron chi connectivity index (χ3n) is 2.53. The minimum atomic E-state index is 0.0913. The summed E-state index contributed by atoms with van der Waals surface area (Å²) in [5.74, 6) is 0.432. The molecule has 0 fully saturated rings. The molecule has 0 saturated heterocycles. The molecule has 5 nitrogen and oxygen atoms in total. The number of fused-ring (bicyclic) bond motifs is 1. The normalized spacial score (nSPS) is 13.1. The van der Waals surface area contributed by atoms with E-state index in [1.54, 1.807) is 12.3 Å². The predicted octanol–water partition coefficient (Wildman–Crippen LogP) is 2.26. The van der Waals surface area contributed by atoms with Crippen LogP contribution in [-0.2, 0) is 4.74 Å². The summed E-state index contributed by atoms with van der Waals surface area (Å²) in [4.78, 5) is 8.50. The molecule has 0 amide bonds. The summed E-state index contributed by atoms with van der Waals surface area (Å²) in [6.07, 6.45) is 1.59. The van der Waals surface area contributed by atoms with Gasteiger partial charge in [-0.3, -0.25) is 4.57 Å². The molecule has 92 valence electrons. The Labute approximate surface area is 105 Å². The van der Waals surface area contributed by atoms with Crippen LogP contribution in [0.3, 0.4) is 0 Å².